The van der Waals surface area contributed by atoms with Crippen molar-refractivity contribution in [1.29, 1.82) is 5.26 Å². The highest BCUT2D eigenvalue weighted by molar-refractivity contribution is 8.01. The number of benzene rings is 1. The molecule has 1 aromatic rings. The molecule has 3 nitrogen and oxygen atoms in total. The van der Waals surface area contributed by atoms with Crippen molar-refractivity contribution in [2.75, 3.05) is 11.1 Å². The minimum absolute atomic E-state index is 0.0815. The minimum Gasteiger partial charge on any atom is -0.325 e. The fourth-order valence-electron chi connectivity index (χ4n) is 2.02. The third-order valence-electron chi connectivity index (χ3n) is 3.19. The summed E-state index contributed by atoms with van der Waals surface area (Å²) in [7, 11) is 0. The fourth-order valence-corrected chi connectivity index (χ4v) is 3.23. The number of carbonyl (C=O) groups excluding carboxylic acids is 1. The normalized spacial score (nSPS) is 22.4. The Morgan fingerprint density at radius 1 is 1.50 bits per heavy atom. The van der Waals surface area contributed by atoms with Crippen LogP contribution in [0.5, 0.6) is 0 Å². The van der Waals surface area contributed by atoms with E-state index in [-0.39, 0.29) is 10.7 Å². The molecule has 1 unspecified atom stereocenters. The molecule has 0 saturated carbocycles. The summed E-state index contributed by atoms with van der Waals surface area (Å²) in [4.78, 5) is 12.2. The molecular weight excluding hydrogens is 244 g/mol. The number of rotatable bonds is 3. The van der Waals surface area contributed by atoms with Crippen LogP contribution in [-0.4, -0.2) is 16.4 Å². The van der Waals surface area contributed by atoms with E-state index in [4.69, 9.17) is 5.26 Å². The summed E-state index contributed by atoms with van der Waals surface area (Å²) in [6.07, 6.45) is 2.45. The zero-order valence-electron chi connectivity index (χ0n) is 10.4. The van der Waals surface area contributed by atoms with Crippen molar-refractivity contribution in [3.05, 3.63) is 29.8 Å². The molecule has 94 valence electrons. The summed E-state index contributed by atoms with van der Waals surface area (Å²) >= 11 is 1.73. The molecule has 18 heavy (non-hydrogen) atoms. The molecule has 0 aromatic heterocycles. The molecule has 0 aliphatic carbocycles. The molecule has 1 amide bonds. The van der Waals surface area contributed by atoms with E-state index in [1.54, 1.807) is 11.8 Å². The minimum atomic E-state index is -0.286. The number of nitriles is 1. The molecule has 1 aromatic carbocycles. The van der Waals surface area contributed by atoms with Gasteiger partial charge in [-0.3, -0.25) is 4.79 Å². The maximum absolute atomic E-state index is 12.2. The summed E-state index contributed by atoms with van der Waals surface area (Å²) in [6.45, 7) is 2.00. The Kier molecular flexibility index (Phi) is 3.93. The average Bonchev–Trinajstić information content (AvgIpc) is 2.80. The zero-order valence-corrected chi connectivity index (χ0v) is 11.2. The number of thioether (sulfide) groups is 1. The van der Waals surface area contributed by atoms with Gasteiger partial charge in [0.1, 0.15) is 0 Å². The van der Waals surface area contributed by atoms with Crippen LogP contribution in [0.4, 0.5) is 5.69 Å². The van der Waals surface area contributed by atoms with Gasteiger partial charge in [-0.05, 0) is 43.2 Å². The SMILES string of the molecule is CC1(C(=O)Nc2ccc(CC#N)cc2)CCCS1. The highest BCUT2D eigenvalue weighted by Gasteiger charge is 2.37. The van der Waals surface area contributed by atoms with Gasteiger partial charge in [-0.15, -0.1) is 11.8 Å². The molecular formula is C14H16N2OS. The number of hydrogen-bond acceptors (Lipinski definition) is 3. The van der Waals surface area contributed by atoms with E-state index in [0.29, 0.717) is 6.42 Å². The number of hydrogen-bond donors (Lipinski definition) is 1. The van der Waals surface area contributed by atoms with E-state index in [9.17, 15) is 4.79 Å². The van der Waals surface area contributed by atoms with E-state index in [1.807, 2.05) is 31.2 Å². The van der Waals surface area contributed by atoms with E-state index in [1.165, 1.54) is 0 Å². The first-order chi connectivity index (χ1) is 8.64. The van der Waals surface area contributed by atoms with E-state index in [2.05, 4.69) is 11.4 Å². The lowest BCUT2D eigenvalue weighted by atomic mass is 10.0. The lowest BCUT2D eigenvalue weighted by molar-refractivity contribution is -0.118. The maximum Gasteiger partial charge on any atom is 0.240 e. The quantitative estimate of drug-likeness (QED) is 0.909. The summed E-state index contributed by atoms with van der Waals surface area (Å²) in [5, 5.41) is 11.5. The first kappa shape index (κ1) is 13.0. The molecule has 1 aliphatic rings. The molecule has 1 aliphatic heterocycles. The average molecular weight is 260 g/mol. The smallest absolute Gasteiger partial charge is 0.240 e. The summed E-state index contributed by atoms with van der Waals surface area (Å²) in [5.41, 5.74) is 1.77. The predicted octanol–water partition coefficient (Wildman–Crippen LogP) is 2.98. The Morgan fingerprint density at radius 3 is 2.78 bits per heavy atom. The van der Waals surface area contributed by atoms with Crippen LogP contribution in [0.25, 0.3) is 0 Å². The van der Waals surface area contributed by atoms with Gasteiger partial charge in [-0.1, -0.05) is 12.1 Å². The molecule has 1 atom stereocenters. The molecule has 0 spiro atoms. The largest absolute Gasteiger partial charge is 0.325 e. The maximum atomic E-state index is 12.2. The van der Waals surface area contributed by atoms with Crippen LogP contribution >= 0.6 is 11.8 Å². The van der Waals surface area contributed by atoms with E-state index >= 15 is 0 Å². The molecule has 1 heterocycles. The van der Waals surface area contributed by atoms with Crippen LogP contribution in [0.1, 0.15) is 25.3 Å². The first-order valence-electron chi connectivity index (χ1n) is 6.05. The van der Waals surface area contributed by atoms with Gasteiger partial charge in [0.05, 0.1) is 17.2 Å². The highest BCUT2D eigenvalue weighted by Crippen LogP contribution is 2.38. The third kappa shape index (κ3) is 2.85. The van der Waals surface area contributed by atoms with Crippen LogP contribution < -0.4 is 5.32 Å². The number of nitrogens with one attached hydrogen (secondary N) is 1. The second-order valence-corrected chi connectivity index (χ2v) is 6.27. The van der Waals surface area contributed by atoms with Crippen molar-refractivity contribution in [1.82, 2.24) is 0 Å². The third-order valence-corrected chi connectivity index (χ3v) is 4.71. The van der Waals surface area contributed by atoms with Gasteiger partial charge in [0.25, 0.3) is 0 Å². The Hall–Kier alpha value is -1.47. The second-order valence-electron chi connectivity index (χ2n) is 4.67. The zero-order chi connectivity index (χ0) is 13.0. The van der Waals surface area contributed by atoms with Crippen LogP contribution in [0, 0.1) is 11.3 Å². The van der Waals surface area contributed by atoms with E-state index < -0.39 is 0 Å². The number of nitrogens with zero attached hydrogens (tertiary/aromatic N) is 1. The Balaban J connectivity index is 2.01. The van der Waals surface area contributed by atoms with Gasteiger partial charge in [-0.2, -0.15) is 5.26 Å². The van der Waals surface area contributed by atoms with Gasteiger partial charge in [0.15, 0.2) is 0 Å². The van der Waals surface area contributed by atoms with Crippen LogP contribution in [0.3, 0.4) is 0 Å². The molecule has 1 saturated heterocycles. The number of amides is 1. The number of carbonyl (C=O) groups is 1. The van der Waals surface area contributed by atoms with Crippen molar-refractivity contribution < 1.29 is 4.79 Å². The molecule has 0 radical (unpaired) electrons. The van der Waals surface area contributed by atoms with Gasteiger partial charge in [0, 0.05) is 5.69 Å². The monoisotopic (exact) mass is 260 g/mol. The molecule has 1 N–H and O–H groups in total. The second kappa shape index (κ2) is 5.45. The molecule has 2 rings (SSSR count). The standard InChI is InChI=1S/C14H16N2OS/c1-14(8-2-10-18-14)13(17)16-12-5-3-11(4-6-12)7-9-15/h3-6H,2,7-8,10H2,1H3,(H,16,17). The Morgan fingerprint density at radius 2 is 2.22 bits per heavy atom. The Bertz CT molecular complexity index is 470. The van der Waals surface area contributed by atoms with Crippen molar-refractivity contribution in [2.24, 2.45) is 0 Å². The highest BCUT2D eigenvalue weighted by atomic mass is 32.2. The summed E-state index contributed by atoms with van der Waals surface area (Å²) in [5.74, 6) is 1.14. The lowest BCUT2D eigenvalue weighted by Crippen LogP contribution is -2.34. The van der Waals surface area contributed by atoms with Crippen molar-refractivity contribution in [3.63, 3.8) is 0 Å². The fraction of sp³-hybridized carbons (Fsp3) is 0.429. The first-order valence-corrected chi connectivity index (χ1v) is 7.04. The van der Waals surface area contributed by atoms with Gasteiger partial charge >= 0.3 is 0 Å². The summed E-state index contributed by atoms with van der Waals surface area (Å²) in [6, 6.07) is 9.57. The lowest BCUT2D eigenvalue weighted by Gasteiger charge is -2.21. The molecule has 0 bridgehead atoms. The molecule has 4 heteroatoms. The summed E-state index contributed by atoms with van der Waals surface area (Å²) < 4.78 is -0.286. The van der Waals surface area contributed by atoms with Crippen molar-refractivity contribution >= 4 is 23.4 Å². The predicted molar refractivity (Wildman–Crippen MR) is 74.5 cm³/mol. The van der Waals surface area contributed by atoms with Crippen molar-refractivity contribution in [3.8, 4) is 6.07 Å². The number of anilines is 1. The van der Waals surface area contributed by atoms with Crippen molar-refractivity contribution in [2.45, 2.75) is 30.9 Å². The van der Waals surface area contributed by atoms with Gasteiger partial charge < -0.3 is 5.32 Å². The van der Waals surface area contributed by atoms with Crippen LogP contribution in [0.15, 0.2) is 24.3 Å². The van der Waals surface area contributed by atoms with Crippen LogP contribution in [-0.2, 0) is 11.2 Å². The van der Waals surface area contributed by atoms with Gasteiger partial charge in [0.2, 0.25) is 5.91 Å². The Labute approximate surface area is 112 Å². The van der Waals surface area contributed by atoms with E-state index in [0.717, 1.165) is 29.8 Å². The molecule has 1 fully saturated rings. The topological polar surface area (TPSA) is 52.9 Å². The van der Waals surface area contributed by atoms with Crippen LogP contribution in [0.2, 0.25) is 0 Å². The van der Waals surface area contributed by atoms with Gasteiger partial charge in [-0.25, -0.2) is 0 Å².